The minimum absolute atomic E-state index is 0.164. The third-order valence-electron chi connectivity index (χ3n) is 6.36. The monoisotopic (exact) mass is 572 g/mol. The average molecular weight is 574 g/mol. The van der Waals surface area contributed by atoms with Crippen LogP contribution < -0.4 is 5.32 Å². The summed E-state index contributed by atoms with van der Waals surface area (Å²) >= 11 is 3.54. The summed E-state index contributed by atoms with van der Waals surface area (Å²) in [5.74, 6) is -0.729. The highest BCUT2D eigenvalue weighted by Gasteiger charge is 2.24. The van der Waals surface area contributed by atoms with E-state index in [1.54, 1.807) is 0 Å². The molecule has 38 heavy (non-hydrogen) atoms. The van der Waals surface area contributed by atoms with Crippen LogP contribution in [-0.2, 0) is 9.53 Å². The van der Waals surface area contributed by atoms with Crippen molar-refractivity contribution in [3.8, 4) is 11.3 Å². The van der Waals surface area contributed by atoms with Crippen molar-refractivity contribution in [3.05, 3.63) is 99.5 Å². The molecule has 0 fully saturated rings. The highest BCUT2D eigenvalue weighted by atomic mass is 79.9. The maximum absolute atomic E-state index is 13.8. The molecule has 1 atom stereocenters. The van der Waals surface area contributed by atoms with E-state index in [2.05, 4.69) is 21.2 Å². The Morgan fingerprint density at radius 3 is 2.32 bits per heavy atom. The zero-order valence-electron chi connectivity index (χ0n) is 22.5. The number of amides is 1. The minimum atomic E-state index is -0.577. The van der Waals surface area contributed by atoms with E-state index < -0.39 is 5.60 Å². The molecule has 0 bridgehead atoms. The highest BCUT2D eigenvalue weighted by molar-refractivity contribution is 9.10. The van der Waals surface area contributed by atoms with E-state index >= 15 is 0 Å². The Kier molecular flexibility index (Phi) is 8.32. The van der Waals surface area contributed by atoms with Crippen molar-refractivity contribution in [2.24, 2.45) is 0 Å². The van der Waals surface area contributed by atoms with Gasteiger partial charge in [0.1, 0.15) is 5.60 Å². The summed E-state index contributed by atoms with van der Waals surface area (Å²) in [6.07, 6.45) is 0.164. The number of hydrogen-bond donors (Lipinski definition) is 1. The van der Waals surface area contributed by atoms with Crippen LogP contribution in [-0.4, -0.2) is 29.0 Å². The number of esters is 1. The van der Waals surface area contributed by atoms with E-state index in [-0.39, 0.29) is 24.2 Å². The Morgan fingerprint density at radius 2 is 1.66 bits per heavy atom. The van der Waals surface area contributed by atoms with Crippen LogP contribution in [0.4, 0.5) is 0 Å². The van der Waals surface area contributed by atoms with Gasteiger partial charge in [-0.1, -0.05) is 76.1 Å². The van der Waals surface area contributed by atoms with Crippen molar-refractivity contribution in [1.29, 1.82) is 0 Å². The van der Waals surface area contributed by atoms with Crippen LogP contribution >= 0.6 is 15.9 Å². The Hall–Kier alpha value is -3.51. The van der Waals surface area contributed by atoms with Gasteiger partial charge in [-0.3, -0.25) is 9.59 Å². The molecule has 1 amide bonds. The van der Waals surface area contributed by atoms with Crippen LogP contribution in [0.5, 0.6) is 0 Å². The van der Waals surface area contributed by atoms with Crippen LogP contribution in [0.15, 0.2) is 77.3 Å². The van der Waals surface area contributed by atoms with Crippen molar-refractivity contribution >= 4 is 38.7 Å². The first-order chi connectivity index (χ1) is 18.0. The van der Waals surface area contributed by atoms with Gasteiger partial charge in [0.05, 0.1) is 23.2 Å². The van der Waals surface area contributed by atoms with Crippen molar-refractivity contribution in [1.82, 2.24) is 10.3 Å². The van der Waals surface area contributed by atoms with Crippen molar-refractivity contribution < 1.29 is 14.3 Å². The van der Waals surface area contributed by atoms with Crippen LogP contribution in [0.25, 0.3) is 22.2 Å². The number of halogens is 1. The Morgan fingerprint density at radius 1 is 0.974 bits per heavy atom. The van der Waals surface area contributed by atoms with Crippen LogP contribution in [0, 0.1) is 13.8 Å². The summed E-state index contributed by atoms with van der Waals surface area (Å²) in [6, 6.07) is 23.7. The molecule has 0 aliphatic rings. The van der Waals surface area contributed by atoms with Crippen molar-refractivity contribution in [2.75, 3.05) is 6.54 Å². The zero-order valence-corrected chi connectivity index (χ0v) is 24.1. The number of rotatable bonds is 7. The lowest BCUT2D eigenvalue weighted by atomic mass is 9.94. The first-order valence-corrected chi connectivity index (χ1v) is 13.5. The topological polar surface area (TPSA) is 68.3 Å². The minimum Gasteiger partial charge on any atom is -0.460 e. The molecular weight excluding hydrogens is 540 g/mol. The van der Waals surface area contributed by atoms with Crippen LogP contribution in [0.3, 0.4) is 0 Å². The molecule has 3 aromatic carbocycles. The SMILES string of the molecule is Cc1ccc(C(CNC(=O)c2c(C)c(-c3ccccc3)nc3ccc(Br)cc23)CC(=O)OC(C)(C)C)cc1. The predicted octanol–water partition coefficient (Wildman–Crippen LogP) is 7.53. The number of carbonyl (C=O) groups excluding carboxylic acids is 2. The second-order valence-electron chi connectivity index (χ2n) is 10.6. The molecular formula is C32H33BrN2O3. The van der Waals surface area contributed by atoms with Crippen molar-refractivity contribution in [2.45, 2.75) is 52.6 Å². The molecule has 0 aliphatic heterocycles. The van der Waals surface area contributed by atoms with Gasteiger partial charge in [0, 0.05) is 27.9 Å². The number of ether oxygens (including phenoxy) is 1. The maximum Gasteiger partial charge on any atom is 0.306 e. The van der Waals surface area contributed by atoms with E-state index in [4.69, 9.17) is 9.72 Å². The number of fused-ring (bicyclic) bond motifs is 1. The largest absolute Gasteiger partial charge is 0.460 e. The van der Waals surface area contributed by atoms with Crippen LogP contribution in [0.2, 0.25) is 0 Å². The summed E-state index contributed by atoms with van der Waals surface area (Å²) in [6.45, 7) is 9.81. The average Bonchev–Trinajstić information content (AvgIpc) is 2.86. The van der Waals surface area contributed by atoms with Gasteiger partial charge < -0.3 is 10.1 Å². The predicted molar refractivity (Wildman–Crippen MR) is 156 cm³/mol. The second kappa shape index (κ2) is 11.5. The van der Waals surface area contributed by atoms with Gasteiger partial charge in [-0.05, 0) is 63.9 Å². The van der Waals surface area contributed by atoms with Gasteiger partial charge in [-0.2, -0.15) is 0 Å². The van der Waals surface area contributed by atoms with Crippen molar-refractivity contribution in [3.63, 3.8) is 0 Å². The Bertz CT molecular complexity index is 1460. The van der Waals surface area contributed by atoms with Gasteiger partial charge in [-0.25, -0.2) is 4.98 Å². The number of nitrogens with one attached hydrogen (secondary N) is 1. The molecule has 0 saturated heterocycles. The summed E-state index contributed by atoms with van der Waals surface area (Å²) in [5.41, 5.74) is 5.38. The standard InChI is InChI=1S/C32H33BrN2O3/c1-20-11-13-22(14-12-20)24(17-28(36)38-32(3,4)5)19-34-31(37)29-21(2)30(23-9-7-6-8-10-23)35-27-16-15-25(33)18-26(27)29/h6-16,18,24H,17,19H2,1-5H3,(H,34,37). The molecule has 0 spiro atoms. The van der Waals surface area contributed by atoms with E-state index in [0.717, 1.165) is 43.3 Å². The van der Waals surface area contributed by atoms with E-state index in [9.17, 15) is 9.59 Å². The fraction of sp³-hybridized carbons (Fsp3) is 0.281. The third-order valence-corrected chi connectivity index (χ3v) is 6.85. The van der Waals surface area contributed by atoms with E-state index in [1.807, 2.05) is 107 Å². The first kappa shape index (κ1) is 27.5. The van der Waals surface area contributed by atoms with E-state index in [1.165, 1.54) is 0 Å². The van der Waals surface area contributed by atoms with Crippen LogP contribution in [0.1, 0.15) is 60.2 Å². The fourth-order valence-corrected chi connectivity index (χ4v) is 4.90. The zero-order chi connectivity index (χ0) is 27.4. The number of nitrogens with zero attached hydrogens (tertiary/aromatic N) is 1. The molecule has 0 radical (unpaired) electrons. The molecule has 1 aromatic heterocycles. The number of hydrogen-bond acceptors (Lipinski definition) is 4. The summed E-state index contributed by atoms with van der Waals surface area (Å²) in [7, 11) is 0. The lowest BCUT2D eigenvalue weighted by Crippen LogP contribution is -2.32. The summed E-state index contributed by atoms with van der Waals surface area (Å²) in [5, 5.41) is 3.89. The number of benzene rings is 3. The maximum atomic E-state index is 13.8. The van der Waals surface area contributed by atoms with Gasteiger partial charge in [-0.15, -0.1) is 0 Å². The molecule has 1 heterocycles. The second-order valence-corrected chi connectivity index (χ2v) is 11.5. The molecule has 196 valence electrons. The molecule has 5 nitrogen and oxygen atoms in total. The molecule has 4 aromatic rings. The Labute approximate surface area is 232 Å². The molecule has 0 saturated carbocycles. The van der Waals surface area contributed by atoms with Gasteiger partial charge in [0.2, 0.25) is 0 Å². The Balaban J connectivity index is 1.68. The normalized spacial score (nSPS) is 12.3. The van der Waals surface area contributed by atoms with E-state index in [0.29, 0.717) is 12.1 Å². The molecule has 4 rings (SSSR count). The molecule has 0 aliphatic carbocycles. The van der Waals surface area contributed by atoms with Gasteiger partial charge in [0.25, 0.3) is 5.91 Å². The lowest BCUT2D eigenvalue weighted by molar-refractivity contribution is -0.155. The lowest BCUT2D eigenvalue weighted by Gasteiger charge is -2.23. The number of aromatic nitrogens is 1. The number of carbonyl (C=O) groups is 2. The smallest absolute Gasteiger partial charge is 0.306 e. The summed E-state index contributed by atoms with van der Waals surface area (Å²) in [4.78, 5) is 31.4. The fourth-order valence-electron chi connectivity index (χ4n) is 4.54. The number of pyridine rings is 1. The molecule has 6 heteroatoms. The highest BCUT2D eigenvalue weighted by Crippen LogP contribution is 2.31. The van der Waals surface area contributed by atoms with Gasteiger partial charge >= 0.3 is 5.97 Å². The van der Waals surface area contributed by atoms with Gasteiger partial charge in [0.15, 0.2) is 0 Å². The number of aryl methyl sites for hydroxylation is 1. The summed E-state index contributed by atoms with van der Waals surface area (Å²) < 4.78 is 6.46. The third kappa shape index (κ3) is 6.67. The quantitative estimate of drug-likeness (QED) is 0.232. The molecule has 1 N–H and O–H groups in total. The first-order valence-electron chi connectivity index (χ1n) is 12.7. The molecule has 1 unspecified atom stereocenters.